The zero-order valence-corrected chi connectivity index (χ0v) is 10.1. The summed E-state index contributed by atoms with van der Waals surface area (Å²) in [7, 11) is 0. The second-order valence-corrected chi connectivity index (χ2v) is 4.82. The molecule has 0 saturated heterocycles. The van der Waals surface area contributed by atoms with Gasteiger partial charge in [-0.2, -0.15) is 0 Å². The van der Waals surface area contributed by atoms with Crippen LogP contribution in [0.5, 0.6) is 11.5 Å². The van der Waals surface area contributed by atoms with E-state index in [4.69, 9.17) is 14.0 Å². The van der Waals surface area contributed by atoms with Crippen LogP contribution in [-0.2, 0) is 11.1 Å². The van der Waals surface area contributed by atoms with Gasteiger partial charge in [0.2, 0.25) is 0 Å². The van der Waals surface area contributed by atoms with Crippen molar-refractivity contribution in [2.45, 2.75) is 11.3 Å². The van der Waals surface area contributed by atoms with E-state index in [-0.39, 0.29) is 0 Å². The first-order valence-corrected chi connectivity index (χ1v) is 6.28. The van der Waals surface area contributed by atoms with Crippen LogP contribution in [0.1, 0.15) is 6.42 Å². The minimum absolute atomic E-state index is 0.291. The van der Waals surface area contributed by atoms with Crippen LogP contribution in [0, 0.1) is 0 Å². The molecule has 1 heterocycles. The second kappa shape index (κ2) is 4.51. The summed E-state index contributed by atoms with van der Waals surface area (Å²) in [5.41, 5.74) is 0. The number of benzene rings is 1. The molecule has 82 valence electrons. The third-order valence-corrected chi connectivity index (χ3v) is 3.62. The molecule has 0 saturated carbocycles. The maximum atomic E-state index is 11.0. The minimum Gasteiger partial charge on any atom is -0.490 e. The Morgan fingerprint density at radius 2 is 1.87 bits per heavy atom. The maximum absolute atomic E-state index is 11.0. The van der Waals surface area contributed by atoms with Crippen LogP contribution in [0.2, 0.25) is 0 Å². The summed E-state index contributed by atoms with van der Waals surface area (Å²) in [5.74, 6) is 1.13. The third kappa shape index (κ3) is 2.32. The molecule has 0 spiro atoms. The SMILES string of the molecule is O=S(O)c1cc2c(cc1Br)OCCCO2. The third-order valence-electron chi connectivity index (χ3n) is 1.99. The van der Waals surface area contributed by atoms with Gasteiger partial charge in [0.15, 0.2) is 22.6 Å². The summed E-state index contributed by atoms with van der Waals surface area (Å²) in [6.45, 7) is 1.16. The lowest BCUT2D eigenvalue weighted by molar-refractivity contribution is 0.297. The molecular formula is C9H9BrO4S. The van der Waals surface area contributed by atoms with Crippen molar-refractivity contribution in [3.05, 3.63) is 16.6 Å². The summed E-state index contributed by atoms with van der Waals surface area (Å²) in [6.07, 6.45) is 0.809. The van der Waals surface area contributed by atoms with E-state index < -0.39 is 11.1 Å². The second-order valence-electron chi connectivity index (χ2n) is 3.03. The molecule has 1 aliphatic heterocycles. The van der Waals surface area contributed by atoms with Crippen molar-refractivity contribution in [2.75, 3.05) is 13.2 Å². The molecule has 4 nitrogen and oxygen atoms in total. The van der Waals surface area contributed by atoms with E-state index in [1.54, 1.807) is 6.07 Å². The molecule has 1 aliphatic rings. The van der Waals surface area contributed by atoms with E-state index in [1.165, 1.54) is 6.07 Å². The summed E-state index contributed by atoms with van der Waals surface area (Å²) >= 11 is 1.19. The zero-order valence-electron chi connectivity index (χ0n) is 7.73. The van der Waals surface area contributed by atoms with Crippen molar-refractivity contribution in [1.29, 1.82) is 0 Å². The summed E-state index contributed by atoms with van der Waals surface area (Å²) in [4.78, 5) is 0.291. The fourth-order valence-corrected chi connectivity index (χ4v) is 2.47. The van der Waals surface area contributed by atoms with Gasteiger partial charge in [-0.15, -0.1) is 0 Å². The number of halogens is 1. The van der Waals surface area contributed by atoms with Gasteiger partial charge in [-0.3, -0.25) is 0 Å². The fourth-order valence-electron chi connectivity index (χ4n) is 1.30. The van der Waals surface area contributed by atoms with Gasteiger partial charge in [0, 0.05) is 17.0 Å². The Labute approximate surface area is 98.0 Å². The van der Waals surface area contributed by atoms with Crippen molar-refractivity contribution in [3.8, 4) is 11.5 Å². The van der Waals surface area contributed by atoms with Crippen molar-refractivity contribution in [3.63, 3.8) is 0 Å². The number of rotatable bonds is 1. The summed E-state index contributed by atoms with van der Waals surface area (Å²) in [5, 5.41) is 0. The quantitative estimate of drug-likeness (QED) is 0.806. The molecule has 1 N–H and O–H groups in total. The lowest BCUT2D eigenvalue weighted by Crippen LogP contribution is -1.97. The van der Waals surface area contributed by atoms with E-state index in [0.717, 1.165) is 6.42 Å². The monoisotopic (exact) mass is 292 g/mol. The highest BCUT2D eigenvalue weighted by Crippen LogP contribution is 2.36. The zero-order chi connectivity index (χ0) is 10.8. The lowest BCUT2D eigenvalue weighted by Gasteiger charge is -2.09. The van der Waals surface area contributed by atoms with Crippen molar-refractivity contribution in [2.24, 2.45) is 0 Å². The van der Waals surface area contributed by atoms with E-state index >= 15 is 0 Å². The lowest BCUT2D eigenvalue weighted by atomic mass is 10.3. The number of hydrogen-bond acceptors (Lipinski definition) is 3. The Morgan fingerprint density at radius 1 is 1.27 bits per heavy atom. The molecule has 0 amide bonds. The fraction of sp³-hybridized carbons (Fsp3) is 0.333. The highest BCUT2D eigenvalue weighted by atomic mass is 79.9. The van der Waals surface area contributed by atoms with Gasteiger partial charge in [-0.1, -0.05) is 0 Å². The molecule has 0 aliphatic carbocycles. The van der Waals surface area contributed by atoms with Gasteiger partial charge >= 0.3 is 0 Å². The highest BCUT2D eigenvalue weighted by Gasteiger charge is 2.16. The predicted molar refractivity (Wildman–Crippen MR) is 58.8 cm³/mol. The number of fused-ring (bicyclic) bond motifs is 1. The Kier molecular flexibility index (Phi) is 3.28. The van der Waals surface area contributed by atoms with Crippen LogP contribution >= 0.6 is 15.9 Å². The van der Waals surface area contributed by atoms with E-state index in [2.05, 4.69) is 15.9 Å². The smallest absolute Gasteiger partial charge is 0.187 e. The Hall–Kier alpha value is -0.590. The number of ether oxygens (including phenoxy) is 2. The molecule has 1 atom stereocenters. The van der Waals surface area contributed by atoms with Crippen LogP contribution in [0.15, 0.2) is 21.5 Å². The summed E-state index contributed by atoms with van der Waals surface area (Å²) in [6, 6.07) is 3.19. The Balaban J connectivity index is 2.47. The van der Waals surface area contributed by atoms with Crippen LogP contribution in [-0.4, -0.2) is 22.0 Å². The van der Waals surface area contributed by atoms with Crippen LogP contribution in [0.3, 0.4) is 0 Å². The van der Waals surface area contributed by atoms with Gasteiger partial charge in [0.25, 0.3) is 0 Å². The van der Waals surface area contributed by atoms with Crippen molar-refractivity contribution in [1.82, 2.24) is 0 Å². The van der Waals surface area contributed by atoms with Gasteiger partial charge < -0.3 is 14.0 Å². The molecule has 15 heavy (non-hydrogen) atoms. The largest absolute Gasteiger partial charge is 0.490 e. The molecule has 6 heteroatoms. The van der Waals surface area contributed by atoms with Crippen LogP contribution < -0.4 is 9.47 Å². The number of hydrogen-bond donors (Lipinski definition) is 1. The Morgan fingerprint density at radius 3 is 2.47 bits per heavy atom. The van der Waals surface area contributed by atoms with Gasteiger partial charge in [0.1, 0.15) is 0 Å². The van der Waals surface area contributed by atoms with Crippen LogP contribution in [0.4, 0.5) is 0 Å². The topological polar surface area (TPSA) is 55.8 Å². The molecule has 1 unspecified atom stereocenters. The van der Waals surface area contributed by atoms with E-state index in [1.807, 2.05) is 0 Å². The molecule has 1 aromatic carbocycles. The van der Waals surface area contributed by atoms with Gasteiger partial charge in [-0.05, 0) is 22.0 Å². The molecule has 0 radical (unpaired) electrons. The van der Waals surface area contributed by atoms with Gasteiger partial charge in [0.05, 0.1) is 18.1 Å². The average molecular weight is 293 g/mol. The molecule has 1 aromatic rings. The molecule has 0 bridgehead atoms. The molecule has 0 fully saturated rings. The van der Waals surface area contributed by atoms with Crippen molar-refractivity contribution >= 4 is 27.0 Å². The standard InChI is InChI=1S/C9H9BrO4S/c10-6-4-7-8(5-9(6)15(11)12)14-3-1-2-13-7/h4-5H,1-3H2,(H,11,12). The first kappa shape index (κ1) is 10.9. The summed E-state index contributed by atoms with van der Waals surface area (Å²) < 4.78 is 31.4. The van der Waals surface area contributed by atoms with E-state index in [0.29, 0.717) is 34.1 Å². The highest BCUT2D eigenvalue weighted by molar-refractivity contribution is 9.10. The van der Waals surface area contributed by atoms with Crippen molar-refractivity contribution < 1.29 is 18.2 Å². The van der Waals surface area contributed by atoms with Gasteiger partial charge in [-0.25, -0.2) is 4.21 Å². The molecule has 2 rings (SSSR count). The normalized spacial score (nSPS) is 16.9. The van der Waals surface area contributed by atoms with E-state index in [9.17, 15) is 4.21 Å². The molecule has 0 aromatic heterocycles. The predicted octanol–water partition coefficient (Wildman–Crippen LogP) is 2.19. The maximum Gasteiger partial charge on any atom is 0.187 e. The first-order valence-electron chi connectivity index (χ1n) is 4.38. The first-order chi connectivity index (χ1) is 7.18. The van der Waals surface area contributed by atoms with Crippen LogP contribution in [0.25, 0.3) is 0 Å². The minimum atomic E-state index is -2.03. The average Bonchev–Trinajstić information content (AvgIpc) is 2.40. The Bertz CT molecular complexity index is 407. The molecular weight excluding hydrogens is 284 g/mol.